The van der Waals surface area contributed by atoms with Crippen molar-refractivity contribution in [2.45, 2.75) is 38.6 Å². The van der Waals surface area contributed by atoms with Gasteiger partial charge >= 0.3 is 0 Å². The Morgan fingerprint density at radius 2 is 1.94 bits per heavy atom. The van der Waals surface area contributed by atoms with Gasteiger partial charge in [-0.25, -0.2) is 0 Å². The van der Waals surface area contributed by atoms with Gasteiger partial charge in [0.1, 0.15) is 0 Å². The molecule has 0 bridgehead atoms. The van der Waals surface area contributed by atoms with Crippen LogP contribution in [0.25, 0.3) is 0 Å². The van der Waals surface area contributed by atoms with Crippen LogP contribution in [0.5, 0.6) is 0 Å². The van der Waals surface area contributed by atoms with E-state index in [-0.39, 0.29) is 0 Å². The third kappa shape index (κ3) is 3.14. The first-order chi connectivity index (χ1) is 7.63. The Kier molecular flexibility index (Phi) is 5.63. The molecule has 0 radical (unpaired) electrons. The predicted molar refractivity (Wildman–Crippen MR) is 76.5 cm³/mol. The Bertz CT molecular complexity index is 337. The zero-order chi connectivity index (χ0) is 12.1. The molecule has 0 aliphatic heterocycles. The van der Waals surface area contributed by atoms with E-state index >= 15 is 0 Å². The average Bonchev–Trinajstić information content (AvgIpc) is 2.30. The molecule has 0 aliphatic carbocycles. The second kappa shape index (κ2) is 6.51. The van der Waals surface area contributed by atoms with E-state index < -0.39 is 0 Å². The highest BCUT2D eigenvalue weighted by molar-refractivity contribution is 9.10. The molecule has 0 saturated carbocycles. The van der Waals surface area contributed by atoms with Crippen molar-refractivity contribution >= 4 is 33.2 Å². The molecule has 0 spiro atoms. The van der Waals surface area contributed by atoms with Crippen LogP contribution in [-0.2, 0) is 5.88 Å². The average molecular weight is 305 g/mol. The van der Waals surface area contributed by atoms with Gasteiger partial charge in [-0.05, 0) is 46.5 Å². The van der Waals surface area contributed by atoms with Crippen molar-refractivity contribution < 1.29 is 0 Å². The van der Waals surface area contributed by atoms with Gasteiger partial charge in [0, 0.05) is 23.4 Å². The maximum Gasteiger partial charge on any atom is 0.0510 e. The van der Waals surface area contributed by atoms with E-state index in [0.717, 1.165) is 22.9 Å². The maximum atomic E-state index is 5.81. The van der Waals surface area contributed by atoms with Crippen molar-refractivity contribution in [2.75, 3.05) is 11.9 Å². The summed E-state index contributed by atoms with van der Waals surface area (Å²) in [6.45, 7) is 4.46. The van der Waals surface area contributed by atoms with E-state index in [9.17, 15) is 0 Å². The molecule has 0 amide bonds. The summed E-state index contributed by atoms with van der Waals surface area (Å²) in [4.78, 5) is 2.34. The van der Waals surface area contributed by atoms with Crippen molar-refractivity contribution in [2.24, 2.45) is 0 Å². The lowest BCUT2D eigenvalue weighted by Crippen LogP contribution is -2.30. The van der Waals surface area contributed by atoms with Gasteiger partial charge in [0.25, 0.3) is 0 Å². The second-order valence-corrected chi connectivity index (χ2v) is 5.12. The minimum atomic E-state index is 0.563. The minimum Gasteiger partial charge on any atom is -0.371 e. The normalized spacial score (nSPS) is 10.9. The quantitative estimate of drug-likeness (QED) is 0.705. The lowest BCUT2D eigenvalue weighted by atomic mass is 10.1. The smallest absolute Gasteiger partial charge is 0.0510 e. The maximum absolute atomic E-state index is 5.81. The van der Waals surface area contributed by atoms with Crippen LogP contribution in [-0.4, -0.2) is 13.1 Å². The molecular formula is C13H19BrClN. The summed E-state index contributed by atoms with van der Waals surface area (Å²) in [6.07, 6.45) is 2.33. The second-order valence-electron chi connectivity index (χ2n) is 4.00. The predicted octanol–water partition coefficient (Wildman–Crippen LogP) is 4.81. The number of anilines is 1. The molecule has 0 fully saturated rings. The van der Waals surface area contributed by atoms with Gasteiger partial charge in [-0.3, -0.25) is 0 Å². The van der Waals surface area contributed by atoms with Crippen LogP contribution in [0.3, 0.4) is 0 Å². The van der Waals surface area contributed by atoms with Crippen LogP contribution < -0.4 is 4.90 Å². The Balaban J connectivity index is 2.95. The van der Waals surface area contributed by atoms with Crippen molar-refractivity contribution in [1.82, 2.24) is 0 Å². The summed E-state index contributed by atoms with van der Waals surface area (Å²) in [5.74, 6) is 0.563. The van der Waals surface area contributed by atoms with Gasteiger partial charge in [0.15, 0.2) is 0 Å². The summed E-state index contributed by atoms with van der Waals surface area (Å²) in [5.41, 5.74) is 2.39. The molecule has 1 nitrogen and oxygen atoms in total. The van der Waals surface area contributed by atoms with Crippen LogP contribution in [0.15, 0.2) is 22.7 Å². The molecule has 1 rings (SSSR count). The van der Waals surface area contributed by atoms with Crippen LogP contribution in [0.4, 0.5) is 5.69 Å². The zero-order valence-corrected chi connectivity index (χ0v) is 12.5. The molecule has 0 aliphatic rings. The molecule has 0 saturated heterocycles. The van der Waals surface area contributed by atoms with Gasteiger partial charge in [-0.15, -0.1) is 11.6 Å². The highest BCUT2D eigenvalue weighted by atomic mass is 79.9. The Hall–Kier alpha value is -0.210. The molecule has 0 atom stereocenters. The van der Waals surface area contributed by atoms with Gasteiger partial charge in [-0.1, -0.05) is 19.9 Å². The van der Waals surface area contributed by atoms with Gasteiger partial charge in [0.2, 0.25) is 0 Å². The third-order valence-electron chi connectivity index (χ3n) is 3.04. The SMILES string of the molecule is CCC(CC)N(C)c1ccc(CCl)cc1Br. The van der Waals surface area contributed by atoms with E-state index in [2.05, 4.69) is 59.9 Å². The van der Waals surface area contributed by atoms with E-state index in [0.29, 0.717) is 11.9 Å². The first kappa shape index (κ1) is 13.9. The number of hydrogen-bond acceptors (Lipinski definition) is 1. The molecule has 90 valence electrons. The van der Waals surface area contributed by atoms with Gasteiger partial charge < -0.3 is 4.90 Å². The highest BCUT2D eigenvalue weighted by Gasteiger charge is 2.13. The number of nitrogens with zero attached hydrogens (tertiary/aromatic N) is 1. The molecule has 3 heteroatoms. The Morgan fingerprint density at radius 1 is 1.31 bits per heavy atom. The Morgan fingerprint density at radius 3 is 2.38 bits per heavy atom. The van der Waals surface area contributed by atoms with Crippen LogP contribution in [0, 0.1) is 0 Å². The van der Waals surface area contributed by atoms with E-state index in [4.69, 9.17) is 11.6 Å². The summed E-state index contributed by atoms with van der Waals surface area (Å²) in [7, 11) is 2.15. The summed E-state index contributed by atoms with van der Waals surface area (Å²) in [5, 5.41) is 0. The molecule has 1 aromatic carbocycles. The summed E-state index contributed by atoms with van der Waals surface area (Å²) >= 11 is 9.43. The Labute approximate surface area is 112 Å². The molecular weight excluding hydrogens is 286 g/mol. The lowest BCUT2D eigenvalue weighted by molar-refractivity contribution is 0.591. The number of alkyl halides is 1. The minimum absolute atomic E-state index is 0.563. The fraction of sp³-hybridized carbons (Fsp3) is 0.538. The van der Waals surface area contributed by atoms with E-state index in [1.807, 2.05) is 0 Å². The molecule has 0 N–H and O–H groups in total. The fourth-order valence-electron chi connectivity index (χ4n) is 1.95. The van der Waals surface area contributed by atoms with E-state index in [1.54, 1.807) is 0 Å². The summed E-state index contributed by atoms with van der Waals surface area (Å²) < 4.78 is 1.13. The largest absolute Gasteiger partial charge is 0.371 e. The monoisotopic (exact) mass is 303 g/mol. The van der Waals surface area contributed by atoms with E-state index in [1.165, 1.54) is 5.69 Å². The first-order valence-electron chi connectivity index (χ1n) is 5.71. The number of hydrogen-bond donors (Lipinski definition) is 0. The molecule has 0 unspecified atom stereocenters. The number of benzene rings is 1. The molecule has 1 aromatic rings. The highest BCUT2D eigenvalue weighted by Crippen LogP contribution is 2.29. The number of rotatable bonds is 5. The van der Waals surface area contributed by atoms with Crippen LogP contribution >= 0.6 is 27.5 Å². The van der Waals surface area contributed by atoms with Crippen molar-refractivity contribution in [1.29, 1.82) is 0 Å². The molecule has 0 heterocycles. The van der Waals surface area contributed by atoms with Crippen LogP contribution in [0.2, 0.25) is 0 Å². The number of halogens is 2. The van der Waals surface area contributed by atoms with Crippen molar-refractivity contribution in [3.63, 3.8) is 0 Å². The van der Waals surface area contributed by atoms with Crippen LogP contribution in [0.1, 0.15) is 32.3 Å². The van der Waals surface area contributed by atoms with Crippen molar-refractivity contribution in [3.05, 3.63) is 28.2 Å². The molecule has 16 heavy (non-hydrogen) atoms. The fourth-order valence-corrected chi connectivity index (χ4v) is 2.82. The third-order valence-corrected chi connectivity index (χ3v) is 3.98. The van der Waals surface area contributed by atoms with Crippen molar-refractivity contribution in [3.8, 4) is 0 Å². The first-order valence-corrected chi connectivity index (χ1v) is 7.04. The summed E-state index contributed by atoms with van der Waals surface area (Å²) in [6, 6.07) is 6.92. The topological polar surface area (TPSA) is 3.24 Å². The zero-order valence-electron chi connectivity index (χ0n) is 10.1. The lowest BCUT2D eigenvalue weighted by Gasteiger charge is -2.29. The molecule has 0 aromatic heterocycles. The van der Waals surface area contributed by atoms with Gasteiger partial charge in [0.05, 0.1) is 5.69 Å². The standard InChI is InChI=1S/C13H19BrClN/c1-4-11(5-2)16(3)13-7-6-10(9-15)8-12(13)14/h6-8,11H,4-5,9H2,1-3H3. The van der Waals surface area contributed by atoms with Gasteiger partial charge in [-0.2, -0.15) is 0 Å².